The first-order valence-electron chi connectivity index (χ1n) is 6.77. The topological polar surface area (TPSA) is 32.9 Å². The van der Waals surface area contributed by atoms with Gasteiger partial charge in [-0.05, 0) is 31.0 Å². The highest BCUT2D eigenvalue weighted by Crippen LogP contribution is 2.37. The Hall–Kier alpha value is -2.35. The average Bonchev–Trinajstić information content (AvgIpc) is 2.91. The van der Waals surface area contributed by atoms with Crippen LogP contribution in [0.2, 0.25) is 0 Å². The smallest absolute Gasteiger partial charge is 0.144 e. The van der Waals surface area contributed by atoms with E-state index in [2.05, 4.69) is 11.1 Å². The second kappa shape index (κ2) is 4.64. The van der Waals surface area contributed by atoms with Crippen molar-refractivity contribution in [3.8, 4) is 0 Å². The van der Waals surface area contributed by atoms with Gasteiger partial charge < -0.3 is 4.98 Å². The maximum atomic E-state index is 12.4. The largest absolute Gasteiger partial charge is 0.361 e. The highest BCUT2D eigenvalue weighted by molar-refractivity contribution is 5.97. The van der Waals surface area contributed by atoms with Gasteiger partial charge in [0.2, 0.25) is 0 Å². The number of hydrogen-bond donors (Lipinski definition) is 1. The molecule has 2 heteroatoms. The van der Waals surface area contributed by atoms with Crippen molar-refractivity contribution in [2.24, 2.45) is 0 Å². The molecule has 0 aliphatic carbocycles. The minimum absolute atomic E-state index is 0.147. The third-order valence-corrected chi connectivity index (χ3v) is 4.18. The van der Waals surface area contributed by atoms with Crippen LogP contribution in [-0.4, -0.2) is 10.8 Å². The van der Waals surface area contributed by atoms with Gasteiger partial charge in [-0.15, -0.1) is 0 Å². The third-order valence-electron chi connectivity index (χ3n) is 4.18. The normalized spacial score (nSPS) is 14.1. The lowest BCUT2D eigenvalue weighted by atomic mass is 9.73. The van der Waals surface area contributed by atoms with E-state index in [1.165, 1.54) is 0 Å². The summed E-state index contributed by atoms with van der Waals surface area (Å²) in [6, 6.07) is 18.1. The fourth-order valence-electron chi connectivity index (χ4n) is 2.81. The number of nitrogens with one attached hydrogen (secondary N) is 1. The fourth-order valence-corrected chi connectivity index (χ4v) is 2.81. The molecule has 0 saturated carbocycles. The monoisotopic (exact) mass is 263 g/mol. The Bertz CT molecular complexity index is 757. The first-order valence-corrected chi connectivity index (χ1v) is 6.77. The van der Waals surface area contributed by atoms with Gasteiger partial charge in [0.15, 0.2) is 0 Å². The molecule has 0 spiro atoms. The highest BCUT2D eigenvalue weighted by atomic mass is 16.1. The summed E-state index contributed by atoms with van der Waals surface area (Å²) in [6.07, 6.45) is 1.96. The van der Waals surface area contributed by atoms with Crippen molar-refractivity contribution in [1.29, 1.82) is 0 Å². The lowest BCUT2D eigenvalue weighted by Gasteiger charge is -2.27. The van der Waals surface area contributed by atoms with Gasteiger partial charge in [0.1, 0.15) is 5.78 Å². The van der Waals surface area contributed by atoms with Crippen LogP contribution in [-0.2, 0) is 10.2 Å². The van der Waals surface area contributed by atoms with E-state index < -0.39 is 5.41 Å². The fraction of sp³-hybridized carbons (Fsp3) is 0.167. The van der Waals surface area contributed by atoms with Gasteiger partial charge in [-0.3, -0.25) is 4.79 Å². The summed E-state index contributed by atoms with van der Waals surface area (Å²) in [5, 5.41) is 1.11. The van der Waals surface area contributed by atoms with Crippen LogP contribution in [0.4, 0.5) is 0 Å². The average molecular weight is 263 g/mol. The van der Waals surface area contributed by atoms with Crippen molar-refractivity contribution in [2.75, 3.05) is 0 Å². The molecule has 3 rings (SSSR count). The molecule has 0 amide bonds. The zero-order chi connectivity index (χ0) is 14.2. The number of aromatic amines is 1. The number of carbonyl (C=O) groups is 1. The zero-order valence-corrected chi connectivity index (χ0v) is 11.7. The number of ketones is 1. The first-order chi connectivity index (χ1) is 9.64. The molecule has 100 valence electrons. The van der Waals surface area contributed by atoms with Crippen LogP contribution in [0.3, 0.4) is 0 Å². The Morgan fingerprint density at radius 3 is 2.35 bits per heavy atom. The van der Waals surface area contributed by atoms with E-state index in [1.807, 2.05) is 61.7 Å². The number of rotatable bonds is 3. The molecule has 20 heavy (non-hydrogen) atoms. The molecule has 0 fully saturated rings. The Labute approximate surface area is 118 Å². The summed E-state index contributed by atoms with van der Waals surface area (Å²) in [4.78, 5) is 15.7. The number of carbonyl (C=O) groups excluding carboxylic acids is 1. The second-order valence-corrected chi connectivity index (χ2v) is 5.30. The number of fused-ring (bicyclic) bond motifs is 1. The summed E-state index contributed by atoms with van der Waals surface area (Å²) in [5.41, 5.74) is 2.50. The van der Waals surface area contributed by atoms with Crippen LogP contribution in [0.5, 0.6) is 0 Å². The number of hydrogen-bond acceptors (Lipinski definition) is 1. The molecule has 1 N–H and O–H groups in total. The maximum Gasteiger partial charge on any atom is 0.144 e. The van der Waals surface area contributed by atoms with Crippen molar-refractivity contribution in [3.05, 3.63) is 71.9 Å². The van der Waals surface area contributed by atoms with E-state index in [0.717, 1.165) is 22.0 Å². The Balaban J connectivity index is 2.29. The molecule has 0 bridgehead atoms. The van der Waals surface area contributed by atoms with E-state index >= 15 is 0 Å². The van der Waals surface area contributed by atoms with Crippen molar-refractivity contribution in [2.45, 2.75) is 19.3 Å². The second-order valence-electron chi connectivity index (χ2n) is 5.30. The molecule has 1 atom stereocenters. The van der Waals surface area contributed by atoms with E-state index in [0.29, 0.717) is 0 Å². The number of H-pyrrole nitrogens is 1. The number of Topliss-reactive ketones (excluding diaryl/α,β-unsaturated/α-hetero) is 1. The standard InChI is InChI=1S/C18H17NO/c1-13(20)18(2,14-8-4-3-5-9-14)16-12-19-17-11-7-6-10-15(16)17/h3-12,19H,1-2H3. The number of aromatic nitrogens is 1. The van der Waals surface area contributed by atoms with E-state index in [-0.39, 0.29) is 5.78 Å². The van der Waals surface area contributed by atoms with Gasteiger partial charge in [-0.1, -0.05) is 48.5 Å². The predicted octanol–water partition coefficient (Wildman–Crippen LogP) is 4.06. The van der Waals surface area contributed by atoms with Gasteiger partial charge in [0, 0.05) is 17.1 Å². The van der Waals surface area contributed by atoms with Crippen LogP contribution in [0.1, 0.15) is 25.0 Å². The molecule has 3 aromatic rings. The van der Waals surface area contributed by atoms with Gasteiger partial charge in [-0.25, -0.2) is 0 Å². The zero-order valence-electron chi connectivity index (χ0n) is 11.7. The van der Waals surface area contributed by atoms with E-state index in [9.17, 15) is 4.79 Å². The third kappa shape index (κ3) is 1.76. The minimum atomic E-state index is -0.624. The molecular weight excluding hydrogens is 246 g/mol. The summed E-state index contributed by atoms with van der Waals surface area (Å²) in [5.74, 6) is 0.147. The molecule has 0 radical (unpaired) electrons. The lowest BCUT2D eigenvalue weighted by Crippen LogP contribution is -2.31. The molecular formula is C18H17NO. The molecule has 1 aromatic heterocycles. The van der Waals surface area contributed by atoms with Gasteiger partial charge >= 0.3 is 0 Å². The molecule has 1 heterocycles. The van der Waals surface area contributed by atoms with Crippen LogP contribution in [0, 0.1) is 0 Å². The Morgan fingerprint density at radius 2 is 1.65 bits per heavy atom. The number of para-hydroxylation sites is 1. The van der Waals surface area contributed by atoms with Gasteiger partial charge in [-0.2, -0.15) is 0 Å². The Kier molecular flexibility index (Phi) is 2.94. The molecule has 0 aliphatic rings. The van der Waals surface area contributed by atoms with E-state index in [1.54, 1.807) is 6.92 Å². The van der Waals surface area contributed by atoms with Crippen LogP contribution in [0.25, 0.3) is 10.9 Å². The van der Waals surface area contributed by atoms with Crippen LogP contribution >= 0.6 is 0 Å². The van der Waals surface area contributed by atoms with Crippen molar-refractivity contribution >= 4 is 16.7 Å². The quantitative estimate of drug-likeness (QED) is 0.759. The van der Waals surface area contributed by atoms with Crippen molar-refractivity contribution in [3.63, 3.8) is 0 Å². The molecule has 2 nitrogen and oxygen atoms in total. The summed E-state index contributed by atoms with van der Waals surface area (Å²) < 4.78 is 0. The molecule has 0 aliphatic heterocycles. The van der Waals surface area contributed by atoms with Crippen molar-refractivity contribution in [1.82, 2.24) is 4.98 Å². The van der Waals surface area contributed by atoms with Gasteiger partial charge in [0.05, 0.1) is 5.41 Å². The summed E-state index contributed by atoms with van der Waals surface area (Å²) in [6.45, 7) is 3.66. The van der Waals surface area contributed by atoms with E-state index in [4.69, 9.17) is 0 Å². The number of benzene rings is 2. The molecule has 2 aromatic carbocycles. The first kappa shape index (κ1) is 12.7. The predicted molar refractivity (Wildman–Crippen MR) is 81.9 cm³/mol. The molecule has 1 unspecified atom stereocenters. The summed E-state index contributed by atoms with van der Waals surface area (Å²) in [7, 11) is 0. The molecule has 0 saturated heterocycles. The summed E-state index contributed by atoms with van der Waals surface area (Å²) >= 11 is 0. The SMILES string of the molecule is CC(=O)C(C)(c1ccccc1)c1c[nH]c2ccccc12. The Morgan fingerprint density at radius 1 is 1.00 bits per heavy atom. The van der Waals surface area contributed by atoms with Crippen LogP contribution < -0.4 is 0 Å². The lowest BCUT2D eigenvalue weighted by molar-refractivity contribution is -0.120. The minimum Gasteiger partial charge on any atom is -0.361 e. The highest BCUT2D eigenvalue weighted by Gasteiger charge is 2.35. The van der Waals surface area contributed by atoms with Gasteiger partial charge in [0.25, 0.3) is 0 Å². The van der Waals surface area contributed by atoms with Crippen molar-refractivity contribution < 1.29 is 4.79 Å². The maximum absolute atomic E-state index is 12.4. The van der Waals surface area contributed by atoms with Crippen LogP contribution in [0.15, 0.2) is 60.8 Å².